The van der Waals surface area contributed by atoms with Crippen molar-refractivity contribution in [2.24, 2.45) is 0 Å². The van der Waals surface area contributed by atoms with Crippen molar-refractivity contribution in [3.05, 3.63) is 34.9 Å². The van der Waals surface area contributed by atoms with Gasteiger partial charge >= 0.3 is 5.97 Å². The molecule has 1 fully saturated rings. The molecule has 1 heterocycles. The van der Waals surface area contributed by atoms with Crippen molar-refractivity contribution in [1.82, 2.24) is 4.90 Å². The molecule has 118 valence electrons. The highest BCUT2D eigenvalue weighted by Gasteiger charge is 2.40. The summed E-state index contributed by atoms with van der Waals surface area (Å²) in [6.45, 7) is -0.350. The summed E-state index contributed by atoms with van der Waals surface area (Å²) in [4.78, 5) is 38.2. The highest BCUT2D eigenvalue weighted by molar-refractivity contribution is 6.22. The van der Waals surface area contributed by atoms with E-state index in [2.05, 4.69) is 0 Å². The average molecular weight is 312 g/mol. The molecule has 1 aliphatic carbocycles. The van der Waals surface area contributed by atoms with Crippen molar-refractivity contribution < 1.29 is 19.1 Å². The van der Waals surface area contributed by atoms with Gasteiger partial charge in [-0.15, -0.1) is 0 Å². The van der Waals surface area contributed by atoms with Gasteiger partial charge in [-0.05, 0) is 31.0 Å². The Kier molecular flexibility index (Phi) is 4.11. The maximum atomic E-state index is 12.6. The number of nitrogens with zero attached hydrogens (tertiary/aromatic N) is 2. The lowest BCUT2D eigenvalue weighted by Gasteiger charge is -2.29. The minimum Gasteiger partial charge on any atom is -0.447 e. The highest BCUT2D eigenvalue weighted by atomic mass is 16.5. The third-order valence-electron chi connectivity index (χ3n) is 4.36. The fourth-order valence-electron chi connectivity index (χ4n) is 3.24. The number of ether oxygens (including phenoxy) is 1. The number of fused-ring (bicyclic) bond motifs is 1. The van der Waals surface area contributed by atoms with Crippen LogP contribution in [0.4, 0.5) is 0 Å². The molecule has 1 aliphatic heterocycles. The molecular formula is C17H16N2O4. The number of imide groups is 1. The molecule has 23 heavy (non-hydrogen) atoms. The van der Waals surface area contributed by atoms with Crippen molar-refractivity contribution >= 4 is 17.8 Å². The van der Waals surface area contributed by atoms with Gasteiger partial charge in [0.15, 0.2) is 6.61 Å². The lowest BCUT2D eigenvalue weighted by molar-refractivity contribution is 0.0543. The molecule has 3 rings (SSSR count). The zero-order chi connectivity index (χ0) is 16.4. The molecule has 0 atom stereocenters. The van der Waals surface area contributed by atoms with Crippen LogP contribution in [0.15, 0.2) is 18.2 Å². The molecule has 2 amide bonds. The van der Waals surface area contributed by atoms with Crippen molar-refractivity contribution in [2.75, 3.05) is 6.61 Å². The van der Waals surface area contributed by atoms with E-state index >= 15 is 0 Å². The van der Waals surface area contributed by atoms with Crippen LogP contribution in [-0.4, -0.2) is 35.3 Å². The van der Waals surface area contributed by atoms with Crippen LogP contribution in [0.1, 0.15) is 63.2 Å². The van der Waals surface area contributed by atoms with E-state index in [1.807, 2.05) is 0 Å². The Hall–Kier alpha value is -2.68. The van der Waals surface area contributed by atoms with Gasteiger partial charge in [-0.3, -0.25) is 14.5 Å². The molecule has 1 saturated carbocycles. The van der Waals surface area contributed by atoms with E-state index in [1.165, 1.54) is 23.1 Å². The largest absolute Gasteiger partial charge is 0.447 e. The van der Waals surface area contributed by atoms with Crippen LogP contribution in [0.5, 0.6) is 0 Å². The van der Waals surface area contributed by atoms with Crippen molar-refractivity contribution in [2.45, 2.75) is 38.1 Å². The number of hydrogen-bond acceptors (Lipinski definition) is 5. The predicted octanol–water partition coefficient (Wildman–Crippen LogP) is 2.30. The van der Waals surface area contributed by atoms with Gasteiger partial charge in [0, 0.05) is 6.04 Å². The first kappa shape index (κ1) is 15.2. The lowest BCUT2D eigenvalue weighted by atomic mass is 9.94. The van der Waals surface area contributed by atoms with E-state index in [4.69, 9.17) is 10.00 Å². The Morgan fingerprint density at radius 2 is 1.87 bits per heavy atom. The van der Waals surface area contributed by atoms with E-state index in [-0.39, 0.29) is 35.6 Å². The second kappa shape index (κ2) is 6.21. The van der Waals surface area contributed by atoms with Crippen LogP contribution in [0, 0.1) is 11.3 Å². The molecule has 0 saturated heterocycles. The summed E-state index contributed by atoms with van der Waals surface area (Å²) in [5.74, 6) is -1.30. The first-order chi connectivity index (χ1) is 11.1. The van der Waals surface area contributed by atoms with Gasteiger partial charge in [0.2, 0.25) is 0 Å². The van der Waals surface area contributed by atoms with E-state index in [0.29, 0.717) is 5.56 Å². The number of benzene rings is 1. The second-order valence-corrected chi connectivity index (χ2v) is 5.77. The molecule has 0 radical (unpaired) electrons. The number of carbonyl (C=O) groups excluding carboxylic acids is 3. The predicted molar refractivity (Wildman–Crippen MR) is 79.7 cm³/mol. The van der Waals surface area contributed by atoms with E-state index < -0.39 is 5.97 Å². The van der Waals surface area contributed by atoms with Crippen LogP contribution in [-0.2, 0) is 4.74 Å². The summed E-state index contributed by atoms with van der Waals surface area (Å²) in [5, 5.41) is 8.44. The summed E-state index contributed by atoms with van der Waals surface area (Å²) in [5.41, 5.74) is 0.745. The topological polar surface area (TPSA) is 87.5 Å². The maximum Gasteiger partial charge on any atom is 0.339 e. The van der Waals surface area contributed by atoms with Gasteiger partial charge in [0.05, 0.1) is 16.7 Å². The highest BCUT2D eigenvalue weighted by Crippen LogP contribution is 2.31. The van der Waals surface area contributed by atoms with Gasteiger partial charge in [-0.1, -0.05) is 19.3 Å². The van der Waals surface area contributed by atoms with Crippen molar-refractivity contribution in [3.8, 4) is 6.07 Å². The van der Waals surface area contributed by atoms with Gasteiger partial charge in [-0.2, -0.15) is 5.26 Å². The van der Waals surface area contributed by atoms with Crippen LogP contribution in [0.25, 0.3) is 0 Å². The molecule has 0 spiro atoms. The fourth-order valence-corrected chi connectivity index (χ4v) is 3.24. The molecule has 0 aromatic heterocycles. The summed E-state index contributed by atoms with van der Waals surface area (Å²) < 4.78 is 4.73. The number of rotatable bonds is 3. The second-order valence-electron chi connectivity index (χ2n) is 5.77. The number of carbonyl (C=O) groups is 3. The van der Waals surface area contributed by atoms with Crippen LogP contribution < -0.4 is 0 Å². The molecule has 6 nitrogen and oxygen atoms in total. The summed E-state index contributed by atoms with van der Waals surface area (Å²) in [6, 6.07) is 5.99. The third kappa shape index (κ3) is 2.70. The number of nitriles is 1. The average Bonchev–Trinajstić information content (AvgIpc) is 2.84. The lowest BCUT2D eigenvalue weighted by Crippen LogP contribution is -2.40. The summed E-state index contributed by atoms with van der Waals surface area (Å²) in [7, 11) is 0. The van der Waals surface area contributed by atoms with E-state index in [9.17, 15) is 14.4 Å². The minimum absolute atomic E-state index is 0.0508. The Labute approximate surface area is 133 Å². The molecular weight excluding hydrogens is 296 g/mol. The van der Waals surface area contributed by atoms with E-state index in [0.717, 1.165) is 32.1 Å². The quantitative estimate of drug-likeness (QED) is 0.631. The molecule has 2 aliphatic rings. The first-order valence-electron chi connectivity index (χ1n) is 7.69. The Morgan fingerprint density at radius 1 is 1.17 bits per heavy atom. The van der Waals surface area contributed by atoms with Gasteiger partial charge in [-0.25, -0.2) is 4.79 Å². The van der Waals surface area contributed by atoms with Gasteiger partial charge < -0.3 is 4.74 Å². The third-order valence-corrected chi connectivity index (χ3v) is 4.36. The molecule has 1 aromatic carbocycles. The van der Waals surface area contributed by atoms with Gasteiger partial charge in [0.1, 0.15) is 6.07 Å². The molecule has 1 aromatic rings. The SMILES string of the molecule is N#CCOC(=O)c1ccc2c(c1)C(=O)N(C1CCCCC1)C2=O. The normalized spacial score (nSPS) is 17.8. The molecule has 6 heteroatoms. The van der Waals surface area contributed by atoms with Crippen LogP contribution >= 0.6 is 0 Å². The van der Waals surface area contributed by atoms with Crippen molar-refractivity contribution in [3.63, 3.8) is 0 Å². The minimum atomic E-state index is -0.675. The van der Waals surface area contributed by atoms with E-state index in [1.54, 1.807) is 6.07 Å². The molecule has 0 bridgehead atoms. The zero-order valence-electron chi connectivity index (χ0n) is 12.6. The Bertz CT molecular complexity index is 714. The monoisotopic (exact) mass is 312 g/mol. The number of esters is 1. The molecule has 0 N–H and O–H groups in total. The summed E-state index contributed by atoms with van der Waals surface area (Å²) >= 11 is 0. The number of hydrogen-bond donors (Lipinski definition) is 0. The summed E-state index contributed by atoms with van der Waals surface area (Å²) in [6.07, 6.45) is 4.84. The first-order valence-corrected chi connectivity index (χ1v) is 7.69. The van der Waals surface area contributed by atoms with Crippen molar-refractivity contribution in [1.29, 1.82) is 5.26 Å². The standard InChI is InChI=1S/C17H16N2O4/c18-8-9-23-17(22)11-6-7-13-14(10-11)16(21)19(15(13)20)12-4-2-1-3-5-12/h6-7,10,12H,1-5,9H2. The van der Waals surface area contributed by atoms with Crippen LogP contribution in [0.2, 0.25) is 0 Å². The van der Waals surface area contributed by atoms with Gasteiger partial charge in [0.25, 0.3) is 11.8 Å². The zero-order valence-corrected chi connectivity index (χ0v) is 12.6. The number of amides is 2. The Balaban J connectivity index is 1.87. The smallest absolute Gasteiger partial charge is 0.339 e. The Morgan fingerprint density at radius 3 is 2.57 bits per heavy atom. The fraction of sp³-hybridized carbons (Fsp3) is 0.412. The molecule has 0 unspecified atom stereocenters. The maximum absolute atomic E-state index is 12.6. The van der Waals surface area contributed by atoms with Crippen LogP contribution in [0.3, 0.4) is 0 Å².